The number of sulfonamides is 1. The molecule has 190 valence electrons. The van der Waals surface area contributed by atoms with Crippen molar-refractivity contribution >= 4 is 27.6 Å². The summed E-state index contributed by atoms with van der Waals surface area (Å²) in [5.74, 6) is 0.352. The maximum atomic E-state index is 13.3. The van der Waals surface area contributed by atoms with Crippen LogP contribution in [0.15, 0.2) is 53.7 Å². The summed E-state index contributed by atoms with van der Waals surface area (Å²) in [5.41, 5.74) is 7.96. The fourth-order valence-electron chi connectivity index (χ4n) is 4.31. The lowest BCUT2D eigenvalue weighted by atomic mass is 9.90. The highest BCUT2D eigenvalue weighted by Gasteiger charge is 2.41. The Labute approximate surface area is 212 Å². The Balaban J connectivity index is 1.76. The van der Waals surface area contributed by atoms with Gasteiger partial charge in [0.15, 0.2) is 5.03 Å². The molecule has 0 spiro atoms. The summed E-state index contributed by atoms with van der Waals surface area (Å²) in [6.07, 6.45) is 2.70. The van der Waals surface area contributed by atoms with Crippen molar-refractivity contribution in [2.24, 2.45) is 5.92 Å². The first-order valence-corrected chi connectivity index (χ1v) is 13.4. The molecule has 1 unspecified atom stereocenters. The molecule has 1 atom stereocenters. The predicted molar refractivity (Wildman–Crippen MR) is 140 cm³/mol. The molecule has 36 heavy (non-hydrogen) atoms. The Kier molecular flexibility index (Phi) is 6.74. The van der Waals surface area contributed by atoms with Gasteiger partial charge in [-0.05, 0) is 68.5 Å². The minimum atomic E-state index is -4.23. The number of carbonyl (C=O) groups is 1. The van der Waals surface area contributed by atoms with E-state index in [1.165, 1.54) is 18.2 Å². The van der Waals surface area contributed by atoms with Gasteiger partial charge in [-0.25, -0.2) is 14.7 Å². The van der Waals surface area contributed by atoms with Gasteiger partial charge in [-0.2, -0.15) is 8.42 Å². The first-order chi connectivity index (χ1) is 16.9. The number of nitrogens with one attached hydrogen (secondary N) is 1. The van der Waals surface area contributed by atoms with Crippen molar-refractivity contribution in [3.05, 3.63) is 59.9 Å². The van der Waals surface area contributed by atoms with Gasteiger partial charge in [0.1, 0.15) is 11.6 Å². The van der Waals surface area contributed by atoms with Gasteiger partial charge in [-0.15, -0.1) is 0 Å². The Bertz CT molecular complexity index is 1390. The van der Waals surface area contributed by atoms with E-state index in [9.17, 15) is 13.2 Å². The van der Waals surface area contributed by atoms with Gasteiger partial charge >= 0.3 is 0 Å². The topological polar surface area (TPSA) is 131 Å². The second kappa shape index (κ2) is 9.50. The van der Waals surface area contributed by atoms with E-state index in [4.69, 9.17) is 10.7 Å². The molecule has 0 saturated carbocycles. The summed E-state index contributed by atoms with van der Waals surface area (Å²) in [5, 5.41) is -0.326. The average molecular weight is 509 g/mol. The molecule has 0 bridgehead atoms. The van der Waals surface area contributed by atoms with E-state index in [-0.39, 0.29) is 21.9 Å². The molecule has 0 aromatic carbocycles. The largest absolute Gasteiger partial charge is 0.384 e. The summed E-state index contributed by atoms with van der Waals surface area (Å²) in [7, 11) is -4.23. The van der Waals surface area contributed by atoms with E-state index in [0.29, 0.717) is 29.9 Å². The summed E-state index contributed by atoms with van der Waals surface area (Å²) in [6, 6.07) is 11.5. The van der Waals surface area contributed by atoms with E-state index in [0.717, 1.165) is 17.7 Å². The number of rotatable bonds is 6. The monoisotopic (exact) mass is 508 g/mol. The zero-order chi connectivity index (χ0) is 26.3. The highest BCUT2D eigenvalue weighted by atomic mass is 32.2. The molecular weight excluding hydrogens is 476 g/mol. The van der Waals surface area contributed by atoms with E-state index in [1.807, 2.05) is 12.1 Å². The van der Waals surface area contributed by atoms with Crippen molar-refractivity contribution in [3.8, 4) is 11.3 Å². The lowest BCUT2D eigenvalue weighted by molar-refractivity contribution is 0.0981. The Morgan fingerprint density at radius 1 is 1.14 bits per heavy atom. The molecule has 1 fully saturated rings. The van der Waals surface area contributed by atoms with Crippen molar-refractivity contribution in [2.75, 3.05) is 17.2 Å². The second-order valence-electron chi connectivity index (χ2n) is 10.0. The van der Waals surface area contributed by atoms with Crippen molar-refractivity contribution in [1.29, 1.82) is 0 Å². The smallest absolute Gasteiger partial charge is 0.281 e. The standard InChI is InChI=1S/C26H32N6O3S/c1-16(2)20-11-9-18(15-28-20)21-12-10-19(24(29-21)32-14-13-17(3)26(32,4)5)25(33)31-36(34,35)23-8-6-7-22(27)30-23/h6-12,15-17H,13-14H2,1-5H3,(H2,27,30)(H,31,33). The molecule has 9 nitrogen and oxygen atoms in total. The second-order valence-corrected chi connectivity index (χ2v) is 11.7. The van der Waals surface area contributed by atoms with Gasteiger partial charge in [0, 0.05) is 29.5 Å². The van der Waals surface area contributed by atoms with Crippen molar-refractivity contribution < 1.29 is 13.2 Å². The highest BCUT2D eigenvalue weighted by molar-refractivity contribution is 7.90. The molecule has 10 heteroatoms. The number of hydrogen-bond acceptors (Lipinski definition) is 8. The minimum Gasteiger partial charge on any atom is -0.384 e. The third-order valence-electron chi connectivity index (χ3n) is 6.98. The van der Waals surface area contributed by atoms with Crippen LogP contribution in [0.4, 0.5) is 11.6 Å². The summed E-state index contributed by atoms with van der Waals surface area (Å²) >= 11 is 0. The zero-order valence-electron chi connectivity index (χ0n) is 21.2. The Hall–Kier alpha value is -3.53. The number of nitrogens with zero attached hydrogens (tertiary/aromatic N) is 4. The third-order valence-corrected chi connectivity index (χ3v) is 8.22. The van der Waals surface area contributed by atoms with Crippen LogP contribution in [0.1, 0.15) is 63.0 Å². The maximum absolute atomic E-state index is 13.3. The molecule has 1 aliphatic rings. The quantitative estimate of drug-likeness (QED) is 0.511. The molecule has 3 aromatic rings. The normalized spacial score (nSPS) is 17.4. The van der Waals surface area contributed by atoms with E-state index in [2.05, 4.69) is 54.2 Å². The highest BCUT2D eigenvalue weighted by Crippen LogP contribution is 2.39. The number of nitrogen functional groups attached to an aromatic ring is 1. The van der Waals surface area contributed by atoms with Gasteiger partial charge < -0.3 is 10.6 Å². The SMILES string of the molecule is CC(C)c1ccc(-c2ccc(C(=O)NS(=O)(=O)c3cccc(N)n3)c(N3CCC(C)C3(C)C)n2)cn1. The van der Waals surface area contributed by atoms with Crippen molar-refractivity contribution in [2.45, 2.75) is 57.5 Å². The number of nitrogens with two attached hydrogens (primary N) is 1. The molecule has 0 radical (unpaired) electrons. The van der Waals surface area contributed by atoms with Crippen molar-refractivity contribution in [3.63, 3.8) is 0 Å². The molecule has 3 N–H and O–H groups in total. The molecule has 0 aliphatic carbocycles. The van der Waals surface area contributed by atoms with E-state index in [1.54, 1.807) is 18.3 Å². The van der Waals surface area contributed by atoms with Crippen LogP contribution in [-0.4, -0.2) is 41.4 Å². The lowest BCUT2D eigenvalue weighted by Gasteiger charge is -2.36. The van der Waals surface area contributed by atoms with E-state index >= 15 is 0 Å². The fraction of sp³-hybridized carbons (Fsp3) is 0.385. The van der Waals surface area contributed by atoms with Crippen LogP contribution in [0.25, 0.3) is 11.3 Å². The number of carbonyl (C=O) groups excluding carboxylic acids is 1. The number of amides is 1. The Morgan fingerprint density at radius 2 is 1.89 bits per heavy atom. The molecule has 1 saturated heterocycles. The number of hydrogen-bond donors (Lipinski definition) is 2. The van der Waals surface area contributed by atoms with Crippen LogP contribution in [0, 0.1) is 5.92 Å². The van der Waals surface area contributed by atoms with Crippen LogP contribution in [-0.2, 0) is 10.0 Å². The van der Waals surface area contributed by atoms with Crippen LogP contribution in [0.2, 0.25) is 0 Å². The number of pyridine rings is 3. The van der Waals surface area contributed by atoms with Gasteiger partial charge in [0.25, 0.3) is 15.9 Å². The fourth-order valence-corrected chi connectivity index (χ4v) is 5.25. The molecule has 1 aliphatic heterocycles. The summed E-state index contributed by atoms with van der Waals surface area (Å²) < 4.78 is 27.9. The van der Waals surface area contributed by atoms with Crippen LogP contribution in [0.3, 0.4) is 0 Å². The first kappa shape index (κ1) is 25.6. The zero-order valence-corrected chi connectivity index (χ0v) is 22.0. The van der Waals surface area contributed by atoms with Crippen LogP contribution in [0.5, 0.6) is 0 Å². The molecular formula is C26H32N6O3S. The third kappa shape index (κ3) is 4.90. The lowest BCUT2D eigenvalue weighted by Crippen LogP contribution is -2.43. The van der Waals surface area contributed by atoms with Gasteiger partial charge in [0.05, 0.1) is 11.3 Å². The first-order valence-electron chi connectivity index (χ1n) is 11.9. The average Bonchev–Trinajstić information content (AvgIpc) is 3.10. The maximum Gasteiger partial charge on any atom is 0.281 e. The molecule has 4 heterocycles. The van der Waals surface area contributed by atoms with Gasteiger partial charge in [-0.1, -0.05) is 26.8 Å². The minimum absolute atomic E-state index is 0.0435. The van der Waals surface area contributed by atoms with Gasteiger partial charge in [-0.3, -0.25) is 9.78 Å². The van der Waals surface area contributed by atoms with E-state index < -0.39 is 15.9 Å². The number of aromatic nitrogens is 3. The predicted octanol–water partition coefficient (Wildman–Crippen LogP) is 3.99. The molecule has 1 amide bonds. The van der Waals surface area contributed by atoms with Crippen molar-refractivity contribution in [1.82, 2.24) is 19.7 Å². The summed E-state index contributed by atoms with van der Waals surface area (Å²) in [4.78, 5) is 28.7. The van der Waals surface area contributed by atoms with Crippen LogP contribution >= 0.6 is 0 Å². The van der Waals surface area contributed by atoms with Crippen LogP contribution < -0.4 is 15.4 Å². The summed E-state index contributed by atoms with van der Waals surface area (Å²) in [6.45, 7) is 11.2. The number of anilines is 2. The molecule has 4 rings (SSSR count). The Morgan fingerprint density at radius 3 is 2.47 bits per heavy atom. The van der Waals surface area contributed by atoms with Gasteiger partial charge in [0.2, 0.25) is 0 Å². The molecule has 3 aromatic heterocycles.